The fourth-order valence-electron chi connectivity index (χ4n) is 4.52. The molecule has 2 aromatic carbocycles. The number of hydrogen-bond donors (Lipinski definition) is 3. The van der Waals surface area contributed by atoms with Crippen LogP contribution in [0.3, 0.4) is 0 Å². The molecule has 0 aliphatic carbocycles. The van der Waals surface area contributed by atoms with E-state index in [1.807, 2.05) is 35.2 Å². The number of aryl methyl sites for hydroxylation is 1. The molecule has 1 fully saturated rings. The lowest BCUT2D eigenvalue weighted by molar-refractivity contribution is -0.126. The number of amides is 1. The molecule has 0 unspecified atom stereocenters. The molecular formula is C28H30N10O2. The normalized spacial score (nSPS) is 13.2. The number of fused-ring (bicyclic) bond motifs is 1. The number of piperazine rings is 1. The van der Waals surface area contributed by atoms with E-state index in [0.29, 0.717) is 66.2 Å². The van der Waals surface area contributed by atoms with Gasteiger partial charge >= 0.3 is 0 Å². The Labute approximate surface area is 231 Å². The van der Waals surface area contributed by atoms with Crippen molar-refractivity contribution in [3.05, 3.63) is 67.1 Å². The zero-order valence-corrected chi connectivity index (χ0v) is 22.4. The van der Waals surface area contributed by atoms with E-state index in [9.17, 15) is 4.79 Å². The van der Waals surface area contributed by atoms with Gasteiger partial charge in [-0.15, -0.1) is 0 Å². The minimum absolute atomic E-state index is 0.0679. The predicted molar refractivity (Wildman–Crippen MR) is 154 cm³/mol. The Kier molecular flexibility index (Phi) is 7.76. The summed E-state index contributed by atoms with van der Waals surface area (Å²) in [5.74, 6) is 2.38. The van der Waals surface area contributed by atoms with Crippen molar-refractivity contribution in [3.8, 4) is 11.5 Å². The summed E-state index contributed by atoms with van der Waals surface area (Å²) in [7, 11) is 1.79. The van der Waals surface area contributed by atoms with E-state index >= 15 is 0 Å². The molecule has 0 bridgehead atoms. The first-order valence-corrected chi connectivity index (χ1v) is 12.9. The summed E-state index contributed by atoms with van der Waals surface area (Å²) in [6, 6.07) is 11.2. The standard InChI is InChI=1S/C28H30N10O2/c1-4-18-14-19(6-9-24(18)40-20-7-8-21(30-3)22(15-20)36-29)34-27-26-23(32-17-33-27)16-31-28(35-26)38-12-10-37(11-13-38)25(39)5-2/h5-9,14-17,29-30H,2,4,10-13H2,1,3H3,(H,32,33,34). The highest BCUT2D eigenvalue weighted by Crippen LogP contribution is 2.34. The van der Waals surface area contributed by atoms with Crippen LogP contribution >= 0.6 is 0 Å². The Morgan fingerprint density at radius 3 is 2.70 bits per heavy atom. The maximum Gasteiger partial charge on any atom is 0.246 e. The SMILES string of the molecule is C=CC(=O)N1CCN(c2ncc3ncnc(Nc4ccc(Oc5ccc(NC)c(N=N)c5)c(CC)c4)c3n2)CC1. The third-order valence-corrected chi connectivity index (χ3v) is 6.70. The van der Waals surface area contributed by atoms with Gasteiger partial charge in [-0.2, -0.15) is 5.11 Å². The largest absolute Gasteiger partial charge is 0.457 e. The number of hydrogen-bond acceptors (Lipinski definition) is 11. The average molecular weight is 539 g/mol. The highest BCUT2D eigenvalue weighted by atomic mass is 16.5. The molecule has 4 aromatic rings. The van der Waals surface area contributed by atoms with E-state index in [0.717, 1.165) is 23.4 Å². The van der Waals surface area contributed by atoms with E-state index in [4.69, 9.17) is 15.3 Å². The third kappa shape index (κ3) is 5.51. The molecule has 1 aliphatic rings. The average Bonchev–Trinajstić information content (AvgIpc) is 3.01. The Morgan fingerprint density at radius 1 is 1.15 bits per heavy atom. The number of carbonyl (C=O) groups is 1. The van der Waals surface area contributed by atoms with Gasteiger partial charge in [0.25, 0.3) is 0 Å². The van der Waals surface area contributed by atoms with E-state index in [-0.39, 0.29) is 5.91 Å². The monoisotopic (exact) mass is 538 g/mol. The molecule has 2 aromatic heterocycles. The van der Waals surface area contributed by atoms with E-state index in [2.05, 4.69) is 44.2 Å². The van der Waals surface area contributed by atoms with Crippen LogP contribution in [-0.4, -0.2) is 64.0 Å². The quantitative estimate of drug-likeness (QED) is 0.197. The van der Waals surface area contributed by atoms with Crippen LogP contribution in [0.2, 0.25) is 0 Å². The molecule has 3 heterocycles. The van der Waals surface area contributed by atoms with Crippen molar-refractivity contribution in [2.45, 2.75) is 13.3 Å². The van der Waals surface area contributed by atoms with Gasteiger partial charge < -0.3 is 25.2 Å². The van der Waals surface area contributed by atoms with Crippen LogP contribution < -0.4 is 20.3 Å². The van der Waals surface area contributed by atoms with Gasteiger partial charge in [0, 0.05) is 45.0 Å². The molecule has 12 nitrogen and oxygen atoms in total. The minimum atomic E-state index is -0.0679. The Bertz CT molecular complexity index is 1570. The molecule has 40 heavy (non-hydrogen) atoms. The van der Waals surface area contributed by atoms with Gasteiger partial charge in [-0.25, -0.2) is 25.5 Å². The number of anilines is 4. The van der Waals surface area contributed by atoms with Crippen molar-refractivity contribution in [2.24, 2.45) is 5.11 Å². The number of carbonyl (C=O) groups excluding carboxylic acids is 1. The zero-order chi connectivity index (χ0) is 28.1. The van der Waals surface area contributed by atoms with Crippen LogP contribution in [0.15, 0.2) is 66.7 Å². The number of ether oxygens (including phenoxy) is 1. The summed E-state index contributed by atoms with van der Waals surface area (Å²) in [6.45, 7) is 8.03. The highest BCUT2D eigenvalue weighted by molar-refractivity contribution is 5.88. The smallest absolute Gasteiger partial charge is 0.246 e. The van der Waals surface area contributed by atoms with Crippen LogP contribution in [0.1, 0.15) is 12.5 Å². The maximum absolute atomic E-state index is 11.9. The van der Waals surface area contributed by atoms with E-state index in [1.54, 1.807) is 24.2 Å². The highest BCUT2D eigenvalue weighted by Gasteiger charge is 2.22. The van der Waals surface area contributed by atoms with Gasteiger partial charge in [0.1, 0.15) is 34.5 Å². The van der Waals surface area contributed by atoms with E-state index < -0.39 is 0 Å². The van der Waals surface area contributed by atoms with Crippen molar-refractivity contribution in [1.82, 2.24) is 24.8 Å². The van der Waals surface area contributed by atoms with Crippen molar-refractivity contribution in [3.63, 3.8) is 0 Å². The van der Waals surface area contributed by atoms with Crippen molar-refractivity contribution < 1.29 is 9.53 Å². The lowest BCUT2D eigenvalue weighted by Gasteiger charge is -2.34. The number of nitrogens with one attached hydrogen (secondary N) is 3. The molecule has 1 aliphatic heterocycles. The molecule has 5 rings (SSSR count). The van der Waals surface area contributed by atoms with Gasteiger partial charge in [-0.3, -0.25) is 4.79 Å². The first-order chi connectivity index (χ1) is 19.5. The summed E-state index contributed by atoms with van der Waals surface area (Å²) in [6.07, 6.45) is 5.26. The summed E-state index contributed by atoms with van der Waals surface area (Å²) < 4.78 is 6.15. The lowest BCUT2D eigenvalue weighted by Crippen LogP contribution is -2.48. The molecule has 0 radical (unpaired) electrons. The lowest BCUT2D eigenvalue weighted by atomic mass is 10.1. The summed E-state index contributed by atoms with van der Waals surface area (Å²) in [4.78, 5) is 33.8. The first-order valence-electron chi connectivity index (χ1n) is 12.9. The van der Waals surface area contributed by atoms with Gasteiger partial charge in [-0.1, -0.05) is 13.5 Å². The summed E-state index contributed by atoms with van der Waals surface area (Å²) >= 11 is 0. The van der Waals surface area contributed by atoms with Crippen LogP contribution in [-0.2, 0) is 11.2 Å². The second kappa shape index (κ2) is 11.7. The molecule has 1 saturated heterocycles. The third-order valence-electron chi connectivity index (χ3n) is 6.70. The topological polar surface area (TPSA) is 145 Å². The Hall–Kier alpha value is -5.13. The predicted octanol–water partition coefficient (Wildman–Crippen LogP) is 5.06. The number of aromatic nitrogens is 4. The molecule has 0 spiro atoms. The Balaban J connectivity index is 1.36. The number of nitrogens with zero attached hydrogens (tertiary/aromatic N) is 7. The van der Waals surface area contributed by atoms with Gasteiger partial charge in [-0.05, 0) is 48.4 Å². The van der Waals surface area contributed by atoms with Crippen LogP contribution in [0.25, 0.3) is 11.0 Å². The zero-order valence-electron chi connectivity index (χ0n) is 22.4. The van der Waals surface area contributed by atoms with Gasteiger partial charge in [0.15, 0.2) is 5.82 Å². The second-order valence-corrected chi connectivity index (χ2v) is 9.09. The van der Waals surface area contributed by atoms with Crippen LogP contribution in [0, 0.1) is 5.53 Å². The fourth-order valence-corrected chi connectivity index (χ4v) is 4.52. The number of rotatable bonds is 9. The molecule has 1 amide bonds. The van der Waals surface area contributed by atoms with Crippen molar-refractivity contribution in [2.75, 3.05) is 48.8 Å². The molecular weight excluding hydrogens is 508 g/mol. The molecule has 0 saturated carbocycles. The van der Waals surface area contributed by atoms with Crippen LogP contribution in [0.5, 0.6) is 11.5 Å². The van der Waals surface area contributed by atoms with Gasteiger partial charge in [0.05, 0.1) is 11.9 Å². The van der Waals surface area contributed by atoms with Gasteiger partial charge in [0.2, 0.25) is 11.9 Å². The fraction of sp³-hybridized carbons (Fsp3) is 0.250. The number of benzene rings is 2. The van der Waals surface area contributed by atoms with E-state index in [1.165, 1.54) is 12.4 Å². The van der Waals surface area contributed by atoms with Crippen molar-refractivity contribution >= 4 is 45.8 Å². The minimum Gasteiger partial charge on any atom is -0.457 e. The molecule has 3 N–H and O–H groups in total. The Morgan fingerprint density at radius 2 is 1.98 bits per heavy atom. The van der Waals surface area contributed by atoms with Crippen molar-refractivity contribution in [1.29, 1.82) is 5.53 Å². The maximum atomic E-state index is 11.9. The summed E-state index contributed by atoms with van der Waals surface area (Å²) in [5, 5.41) is 9.97. The molecule has 204 valence electrons. The first kappa shape index (κ1) is 26.5. The molecule has 12 heteroatoms. The molecule has 0 atom stereocenters. The summed E-state index contributed by atoms with van der Waals surface area (Å²) in [5.41, 5.74) is 11.7. The second-order valence-electron chi connectivity index (χ2n) is 9.09. The van der Waals surface area contributed by atoms with Crippen LogP contribution in [0.4, 0.5) is 28.8 Å².